The summed E-state index contributed by atoms with van der Waals surface area (Å²) in [5.41, 5.74) is 1.20. The molecule has 0 bridgehead atoms. The van der Waals surface area contributed by atoms with Gasteiger partial charge in [0.15, 0.2) is 0 Å². The van der Waals surface area contributed by atoms with E-state index in [4.69, 9.17) is 0 Å². The first-order valence-electron chi connectivity index (χ1n) is 8.52. The number of carbonyl (C=O) groups is 1. The monoisotopic (exact) mass is 319 g/mol. The van der Waals surface area contributed by atoms with Crippen LogP contribution < -0.4 is 5.32 Å². The standard InChI is InChI=1S/C18H26FN3O/c1-13-3-6-16(19)17(9-13)20-18(23)22-8-7-15(12-22)11-21(2)10-14-4-5-14/h3,6,9,14-15H,4-5,7-8,10-12H2,1-2H3,(H,20,23). The average molecular weight is 319 g/mol. The van der Waals surface area contributed by atoms with Gasteiger partial charge in [0.05, 0.1) is 5.69 Å². The molecule has 1 aromatic rings. The van der Waals surface area contributed by atoms with Gasteiger partial charge in [0.1, 0.15) is 5.82 Å². The van der Waals surface area contributed by atoms with Gasteiger partial charge in [-0.25, -0.2) is 9.18 Å². The van der Waals surface area contributed by atoms with Crippen LogP contribution in [0.5, 0.6) is 0 Å². The Labute approximate surface area is 137 Å². The quantitative estimate of drug-likeness (QED) is 0.903. The number of hydrogen-bond acceptors (Lipinski definition) is 2. The maximum atomic E-state index is 13.8. The zero-order valence-corrected chi connectivity index (χ0v) is 14.0. The van der Waals surface area contributed by atoms with E-state index in [2.05, 4.69) is 17.3 Å². The highest BCUT2D eigenvalue weighted by Crippen LogP contribution is 2.30. The Hall–Kier alpha value is -1.62. The number of urea groups is 1. The Morgan fingerprint density at radius 2 is 2.04 bits per heavy atom. The lowest BCUT2D eigenvalue weighted by Crippen LogP contribution is -2.35. The molecule has 1 unspecified atom stereocenters. The maximum absolute atomic E-state index is 13.8. The molecule has 0 radical (unpaired) electrons. The molecule has 3 rings (SSSR count). The van der Waals surface area contributed by atoms with Gasteiger partial charge in [-0.05, 0) is 62.8 Å². The second kappa shape index (κ2) is 6.87. The van der Waals surface area contributed by atoms with E-state index < -0.39 is 0 Å². The second-order valence-electron chi connectivity index (χ2n) is 7.18. The number of nitrogens with one attached hydrogen (secondary N) is 1. The first-order chi connectivity index (χ1) is 11.0. The van der Waals surface area contributed by atoms with Gasteiger partial charge in [0.25, 0.3) is 0 Å². The summed E-state index contributed by atoms with van der Waals surface area (Å²) < 4.78 is 13.8. The van der Waals surface area contributed by atoms with Crippen molar-refractivity contribution in [1.82, 2.24) is 9.80 Å². The van der Waals surface area contributed by atoms with Crippen LogP contribution in [0.4, 0.5) is 14.9 Å². The van der Waals surface area contributed by atoms with Gasteiger partial charge in [-0.1, -0.05) is 6.07 Å². The van der Waals surface area contributed by atoms with E-state index >= 15 is 0 Å². The van der Waals surface area contributed by atoms with Crippen molar-refractivity contribution in [3.8, 4) is 0 Å². The number of amides is 2. The van der Waals surface area contributed by atoms with E-state index in [0.717, 1.165) is 37.5 Å². The van der Waals surface area contributed by atoms with Gasteiger partial charge in [0.2, 0.25) is 0 Å². The minimum atomic E-state index is -0.385. The lowest BCUT2D eigenvalue weighted by atomic mass is 10.1. The lowest BCUT2D eigenvalue weighted by molar-refractivity contribution is 0.216. The maximum Gasteiger partial charge on any atom is 0.321 e. The second-order valence-corrected chi connectivity index (χ2v) is 7.18. The predicted octanol–water partition coefficient (Wildman–Crippen LogP) is 3.33. The predicted molar refractivity (Wildman–Crippen MR) is 90.1 cm³/mol. The zero-order chi connectivity index (χ0) is 16.4. The van der Waals surface area contributed by atoms with Crippen LogP contribution in [0.1, 0.15) is 24.8 Å². The number of carbonyl (C=O) groups excluding carboxylic acids is 1. The number of hydrogen-bond donors (Lipinski definition) is 1. The van der Waals surface area contributed by atoms with E-state index in [9.17, 15) is 9.18 Å². The number of nitrogens with zero attached hydrogens (tertiary/aromatic N) is 2. The summed E-state index contributed by atoms with van der Waals surface area (Å²) in [6.07, 6.45) is 3.76. The topological polar surface area (TPSA) is 35.6 Å². The molecule has 0 spiro atoms. The van der Waals surface area contributed by atoms with Gasteiger partial charge in [-0.3, -0.25) is 0 Å². The third-order valence-corrected chi connectivity index (χ3v) is 4.77. The van der Waals surface area contributed by atoms with Gasteiger partial charge in [0, 0.05) is 26.2 Å². The van der Waals surface area contributed by atoms with Gasteiger partial charge < -0.3 is 15.1 Å². The van der Waals surface area contributed by atoms with Crippen molar-refractivity contribution in [3.05, 3.63) is 29.6 Å². The average Bonchev–Trinajstić information content (AvgIpc) is 3.18. The van der Waals surface area contributed by atoms with E-state index in [1.165, 1.54) is 25.5 Å². The summed E-state index contributed by atoms with van der Waals surface area (Å²) in [7, 11) is 2.17. The van der Waals surface area contributed by atoms with Crippen molar-refractivity contribution in [2.24, 2.45) is 11.8 Å². The van der Waals surface area contributed by atoms with E-state index in [1.54, 1.807) is 17.0 Å². The highest BCUT2D eigenvalue weighted by atomic mass is 19.1. The van der Waals surface area contributed by atoms with Crippen molar-refractivity contribution in [1.29, 1.82) is 0 Å². The first kappa shape index (κ1) is 16.2. The Bertz CT molecular complexity index is 573. The SMILES string of the molecule is Cc1ccc(F)c(NC(=O)N2CCC(CN(C)CC3CC3)C2)c1. The van der Waals surface area contributed by atoms with Crippen molar-refractivity contribution in [2.45, 2.75) is 26.2 Å². The summed E-state index contributed by atoms with van der Waals surface area (Å²) in [6, 6.07) is 4.57. The zero-order valence-electron chi connectivity index (χ0n) is 14.0. The Kier molecular flexibility index (Phi) is 4.85. The molecule has 1 saturated carbocycles. The van der Waals surface area contributed by atoms with E-state index in [-0.39, 0.29) is 17.5 Å². The van der Waals surface area contributed by atoms with Crippen LogP contribution in [0.2, 0.25) is 0 Å². The molecule has 1 atom stereocenters. The van der Waals surface area contributed by atoms with E-state index in [0.29, 0.717) is 5.92 Å². The molecule has 5 heteroatoms. The molecule has 1 aliphatic heterocycles. The molecule has 2 aliphatic rings. The third kappa shape index (κ3) is 4.44. The number of anilines is 1. The number of rotatable bonds is 5. The van der Waals surface area contributed by atoms with Gasteiger partial charge >= 0.3 is 6.03 Å². The molecule has 2 fully saturated rings. The third-order valence-electron chi connectivity index (χ3n) is 4.77. The molecule has 2 amide bonds. The molecule has 0 aromatic heterocycles. The summed E-state index contributed by atoms with van der Waals surface area (Å²) in [5.74, 6) is 1.03. The molecular formula is C18H26FN3O. The summed E-state index contributed by atoms with van der Waals surface area (Å²) in [5, 5.41) is 2.71. The smallest absolute Gasteiger partial charge is 0.321 e. The van der Waals surface area contributed by atoms with Crippen molar-refractivity contribution in [2.75, 3.05) is 38.5 Å². The largest absolute Gasteiger partial charge is 0.324 e. The molecule has 1 aliphatic carbocycles. The number of likely N-dealkylation sites (tertiary alicyclic amines) is 1. The van der Waals surface area contributed by atoms with Crippen LogP contribution in [0, 0.1) is 24.6 Å². The van der Waals surface area contributed by atoms with Crippen LogP contribution in [0.25, 0.3) is 0 Å². The number of aryl methyl sites for hydroxylation is 1. The molecule has 1 saturated heterocycles. The van der Waals surface area contributed by atoms with Crippen molar-refractivity contribution < 1.29 is 9.18 Å². The first-order valence-corrected chi connectivity index (χ1v) is 8.52. The fourth-order valence-corrected chi connectivity index (χ4v) is 3.35. The Morgan fingerprint density at radius 3 is 2.78 bits per heavy atom. The summed E-state index contributed by atoms with van der Waals surface area (Å²) >= 11 is 0. The van der Waals surface area contributed by atoms with Crippen molar-refractivity contribution >= 4 is 11.7 Å². The molecule has 23 heavy (non-hydrogen) atoms. The highest BCUT2D eigenvalue weighted by Gasteiger charge is 2.29. The lowest BCUT2D eigenvalue weighted by Gasteiger charge is -2.21. The summed E-state index contributed by atoms with van der Waals surface area (Å²) in [6.45, 7) is 5.61. The van der Waals surface area contributed by atoms with Gasteiger partial charge in [-0.2, -0.15) is 0 Å². The fourth-order valence-electron chi connectivity index (χ4n) is 3.35. The molecule has 1 aromatic carbocycles. The van der Waals surface area contributed by atoms with E-state index in [1.807, 2.05) is 6.92 Å². The van der Waals surface area contributed by atoms with Crippen LogP contribution in [0.15, 0.2) is 18.2 Å². The number of benzene rings is 1. The van der Waals surface area contributed by atoms with Crippen LogP contribution in [0.3, 0.4) is 0 Å². The van der Waals surface area contributed by atoms with Crippen LogP contribution in [-0.4, -0.2) is 49.1 Å². The van der Waals surface area contributed by atoms with Crippen LogP contribution in [-0.2, 0) is 0 Å². The molecule has 1 N–H and O–H groups in total. The minimum Gasteiger partial charge on any atom is -0.324 e. The fraction of sp³-hybridized carbons (Fsp3) is 0.611. The Morgan fingerprint density at radius 1 is 1.30 bits per heavy atom. The molecule has 1 heterocycles. The minimum absolute atomic E-state index is 0.193. The normalized spacial score (nSPS) is 21.0. The van der Waals surface area contributed by atoms with Crippen molar-refractivity contribution in [3.63, 3.8) is 0 Å². The van der Waals surface area contributed by atoms with Gasteiger partial charge in [-0.15, -0.1) is 0 Å². The number of halogens is 1. The summed E-state index contributed by atoms with van der Waals surface area (Å²) in [4.78, 5) is 16.5. The van der Waals surface area contributed by atoms with Crippen LogP contribution >= 0.6 is 0 Å². The Balaban J connectivity index is 1.49. The highest BCUT2D eigenvalue weighted by molar-refractivity contribution is 5.89. The molecule has 4 nitrogen and oxygen atoms in total. The molecular weight excluding hydrogens is 293 g/mol. The molecule has 126 valence electrons.